The Hall–Kier alpha value is -5.08. The fourth-order valence-corrected chi connectivity index (χ4v) is 5.34. The molecule has 0 aliphatic rings. The zero-order valence-electron chi connectivity index (χ0n) is 28.0. The lowest BCUT2D eigenvalue weighted by atomic mass is 9.97. The molecule has 0 unspecified atom stereocenters. The van der Waals surface area contributed by atoms with Crippen molar-refractivity contribution in [2.45, 2.75) is 0 Å². The van der Waals surface area contributed by atoms with Gasteiger partial charge in [0.25, 0.3) is 0 Å². The lowest BCUT2D eigenvalue weighted by Gasteiger charge is -2.10. The van der Waals surface area contributed by atoms with E-state index in [1.165, 1.54) is 4.57 Å². The van der Waals surface area contributed by atoms with E-state index >= 15 is 0 Å². The third-order valence-corrected chi connectivity index (χ3v) is 7.09. The lowest BCUT2D eigenvalue weighted by molar-refractivity contribution is 0.669. The summed E-state index contributed by atoms with van der Waals surface area (Å²) < 4.78 is 75.3. The highest BCUT2D eigenvalue weighted by molar-refractivity contribution is 6.12. The Bertz CT molecular complexity index is 2470. The first-order valence-electron chi connectivity index (χ1n) is 16.3. The van der Waals surface area contributed by atoms with Crippen LogP contribution < -0.4 is 0 Å². The monoisotopic (exact) mass is 493 g/mol. The van der Waals surface area contributed by atoms with Crippen LogP contribution in [0.1, 0.15) is 11.0 Å². The smallest absolute Gasteiger partial charge is 0.136 e. The quantitative estimate of drug-likeness (QED) is 0.239. The molecule has 0 aliphatic heterocycles. The molecule has 0 radical (unpaired) electrons. The Morgan fingerprint density at radius 1 is 0.500 bits per heavy atom. The molecule has 38 heavy (non-hydrogen) atoms. The first-order chi connectivity index (χ1) is 22.2. The molecule has 2 nitrogen and oxygen atoms in total. The number of hydrogen-bond donors (Lipinski definition) is 0. The van der Waals surface area contributed by atoms with Crippen molar-refractivity contribution in [2.75, 3.05) is 0 Å². The van der Waals surface area contributed by atoms with Crippen LogP contribution in [0.2, 0.25) is 0 Å². The summed E-state index contributed by atoms with van der Waals surface area (Å²) in [6.07, 6.45) is 0. The van der Waals surface area contributed by atoms with E-state index in [4.69, 9.17) is 15.4 Å². The summed E-state index contributed by atoms with van der Waals surface area (Å²) in [5, 5.41) is 2.26. The summed E-state index contributed by atoms with van der Waals surface area (Å²) >= 11 is 0. The van der Waals surface area contributed by atoms with E-state index < -0.39 is 24.2 Å². The number of aromatic nitrogens is 1. The minimum atomic E-state index is -0.458. The van der Waals surface area contributed by atoms with Crippen LogP contribution in [0.5, 0.6) is 0 Å². The average molecular weight is 494 g/mol. The normalized spacial score (nSPS) is 14.6. The van der Waals surface area contributed by atoms with E-state index in [1.807, 2.05) is 54.6 Å². The molecule has 0 atom stereocenters. The number of nitrogens with zero attached hydrogens (tertiary/aromatic N) is 1. The maximum Gasteiger partial charge on any atom is 0.136 e. The van der Waals surface area contributed by atoms with Crippen LogP contribution in [-0.4, -0.2) is 4.57 Å². The first-order valence-corrected chi connectivity index (χ1v) is 12.3. The molecule has 178 valence electrons. The topological polar surface area (TPSA) is 18.1 Å². The summed E-state index contributed by atoms with van der Waals surface area (Å²) in [6.45, 7) is 0. The van der Waals surface area contributed by atoms with E-state index in [-0.39, 0.29) is 46.0 Å². The Labute approximate surface area is 231 Å². The van der Waals surface area contributed by atoms with Gasteiger partial charge >= 0.3 is 0 Å². The fourth-order valence-electron chi connectivity index (χ4n) is 5.34. The largest absolute Gasteiger partial charge is 0.456 e. The molecule has 2 aromatic heterocycles. The van der Waals surface area contributed by atoms with Gasteiger partial charge in [-0.05, 0) is 58.6 Å². The van der Waals surface area contributed by atoms with Crippen molar-refractivity contribution in [1.82, 2.24) is 4.57 Å². The third-order valence-electron chi connectivity index (χ3n) is 7.09. The zero-order chi connectivity index (χ0) is 32.0. The second kappa shape index (κ2) is 8.22. The van der Waals surface area contributed by atoms with Gasteiger partial charge in [0.05, 0.1) is 22.0 Å². The molecule has 2 heterocycles. The van der Waals surface area contributed by atoms with Gasteiger partial charge in [0.2, 0.25) is 0 Å². The van der Waals surface area contributed by atoms with Crippen LogP contribution in [0.25, 0.3) is 71.7 Å². The molecule has 0 saturated carbocycles. The van der Waals surface area contributed by atoms with E-state index in [1.54, 1.807) is 12.1 Å². The van der Waals surface area contributed by atoms with Gasteiger partial charge in [0.1, 0.15) is 11.2 Å². The third kappa shape index (κ3) is 3.14. The van der Waals surface area contributed by atoms with Gasteiger partial charge < -0.3 is 8.98 Å². The molecular weight excluding hydrogens is 462 g/mol. The predicted octanol–water partition coefficient (Wildman–Crippen LogP) is 10.0. The second-order valence-electron chi connectivity index (χ2n) is 9.18. The number of furan rings is 1. The molecule has 0 bridgehead atoms. The molecule has 0 N–H and O–H groups in total. The number of hydrogen-bond acceptors (Lipinski definition) is 1. The zero-order valence-corrected chi connectivity index (χ0v) is 20.0. The van der Waals surface area contributed by atoms with E-state index in [0.717, 1.165) is 44.2 Å². The molecule has 0 aliphatic carbocycles. The summed E-state index contributed by atoms with van der Waals surface area (Å²) in [6, 6.07) is 26.5. The van der Waals surface area contributed by atoms with Crippen molar-refractivity contribution in [3.8, 4) is 27.9 Å². The average Bonchev–Trinajstić information content (AvgIpc) is 3.65. The molecule has 8 rings (SSSR count). The molecule has 6 aromatic carbocycles. The maximum absolute atomic E-state index is 8.72. The van der Waals surface area contributed by atoms with Gasteiger partial charge in [0.15, 0.2) is 0 Å². The molecule has 2 heteroatoms. The number of rotatable bonds is 3. The number of para-hydroxylation sites is 3. The van der Waals surface area contributed by atoms with Crippen molar-refractivity contribution in [1.29, 1.82) is 0 Å². The maximum atomic E-state index is 8.72. The lowest BCUT2D eigenvalue weighted by Crippen LogP contribution is -1.93. The van der Waals surface area contributed by atoms with Gasteiger partial charge in [-0.3, -0.25) is 0 Å². The van der Waals surface area contributed by atoms with Crippen molar-refractivity contribution >= 4 is 43.7 Å². The standard InChI is InChI=1S/C36H23NO/c1-4-12-32-29(8-1)30-9-2-5-13-33(30)37(32)27-22-20-25(21-23-27)24-16-18-26(19-17-24)28-11-7-15-35-36(28)31-10-3-6-14-34(31)38-35/h1-23H/i1D,2D,4D,5D,8D,9D,12D,13D. The molecule has 0 amide bonds. The predicted molar refractivity (Wildman–Crippen MR) is 159 cm³/mol. The molecular formula is C36H23NO. The van der Waals surface area contributed by atoms with Crippen molar-refractivity contribution in [3.63, 3.8) is 0 Å². The highest BCUT2D eigenvalue weighted by Crippen LogP contribution is 2.37. The van der Waals surface area contributed by atoms with Gasteiger partial charge in [0, 0.05) is 27.2 Å². The fraction of sp³-hybridized carbons (Fsp3) is 0. The van der Waals surface area contributed by atoms with Gasteiger partial charge in [-0.25, -0.2) is 0 Å². The minimum Gasteiger partial charge on any atom is -0.456 e. The number of fused-ring (bicyclic) bond motifs is 6. The van der Waals surface area contributed by atoms with Gasteiger partial charge in [-0.1, -0.05) is 103 Å². The van der Waals surface area contributed by atoms with E-state index in [0.29, 0.717) is 5.69 Å². The van der Waals surface area contributed by atoms with Crippen LogP contribution in [-0.2, 0) is 0 Å². The Kier molecular flexibility index (Phi) is 3.16. The SMILES string of the molecule is [2H]c1c([2H])c([2H])c2c(c1[2H])c1c([2H])c([2H])c([2H])c([2H])c1n2-c1ccc(-c2ccc(-c3cccc4oc5ccccc5c34)cc2)cc1. The van der Waals surface area contributed by atoms with E-state index in [2.05, 4.69) is 24.3 Å². The summed E-state index contributed by atoms with van der Waals surface area (Å²) in [7, 11) is 0. The summed E-state index contributed by atoms with van der Waals surface area (Å²) in [5.74, 6) is 0. The van der Waals surface area contributed by atoms with Crippen molar-refractivity contribution in [2.24, 2.45) is 0 Å². The summed E-state index contributed by atoms with van der Waals surface area (Å²) in [4.78, 5) is 0. The Balaban J connectivity index is 1.26. The van der Waals surface area contributed by atoms with Crippen LogP contribution in [0.15, 0.2) is 144 Å². The Morgan fingerprint density at radius 2 is 1.08 bits per heavy atom. The molecule has 0 saturated heterocycles. The van der Waals surface area contributed by atoms with Gasteiger partial charge in [-0.2, -0.15) is 0 Å². The van der Waals surface area contributed by atoms with Crippen LogP contribution in [0, 0.1) is 0 Å². The second-order valence-corrected chi connectivity index (χ2v) is 9.18. The Morgan fingerprint density at radius 3 is 1.79 bits per heavy atom. The highest BCUT2D eigenvalue weighted by atomic mass is 16.3. The van der Waals surface area contributed by atoms with E-state index in [9.17, 15) is 0 Å². The molecule has 0 spiro atoms. The minimum absolute atomic E-state index is 0.0630. The highest BCUT2D eigenvalue weighted by Gasteiger charge is 2.13. The number of benzene rings is 6. The van der Waals surface area contributed by atoms with Crippen molar-refractivity contribution in [3.05, 3.63) is 139 Å². The van der Waals surface area contributed by atoms with Crippen molar-refractivity contribution < 1.29 is 15.4 Å². The van der Waals surface area contributed by atoms with Gasteiger partial charge in [-0.15, -0.1) is 0 Å². The first kappa shape index (κ1) is 14.6. The summed E-state index contributed by atoms with van der Waals surface area (Å²) in [5.41, 5.74) is 6.38. The van der Waals surface area contributed by atoms with Crippen LogP contribution in [0.4, 0.5) is 0 Å². The van der Waals surface area contributed by atoms with Crippen LogP contribution in [0.3, 0.4) is 0 Å². The molecule has 8 aromatic rings. The van der Waals surface area contributed by atoms with Crippen LogP contribution >= 0.6 is 0 Å². The molecule has 0 fully saturated rings.